The second-order valence-corrected chi connectivity index (χ2v) is 9.38. The molecular weight excluding hydrogens is 452 g/mol. The van der Waals surface area contributed by atoms with Crippen LogP contribution in [0.25, 0.3) is 0 Å². The molecule has 0 aromatic carbocycles. The quantitative estimate of drug-likeness (QED) is 0.132. The van der Waals surface area contributed by atoms with Crippen molar-refractivity contribution in [2.45, 2.75) is 106 Å². The van der Waals surface area contributed by atoms with E-state index in [1.807, 2.05) is 0 Å². The van der Waals surface area contributed by atoms with Gasteiger partial charge in [0.25, 0.3) is 0 Å². The van der Waals surface area contributed by atoms with Crippen molar-refractivity contribution in [3.8, 4) is 0 Å². The third kappa shape index (κ3) is 6.95. The Morgan fingerprint density at radius 3 is 2.12 bits per heavy atom. The van der Waals surface area contributed by atoms with E-state index in [9.17, 15) is 35.7 Å². The maximum absolute atomic E-state index is 10.6. The number of hydrogen-bond donors (Lipinski definition) is 7. The van der Waals surface area contributed by atoms with Crippen LogP contribution in [0.5, 0.6) is 0 Å². The molecule has 3 aliphatic rings. The molecule has 1 aliphatic carbocycles. The minimum atomic E-state index is -1.69. The zero-order chi connectivity index (χ0) is 24.7. The van der Waals surface area contributed by atoms with E-state index in [0.717, 1.165) is 38.0 Å². The lowest BCUT2D eigenvalue weighted by Gasteiger charge is -2.45. The minimum absolute atomic E-state index is 0.315. The summed E-state index contributed by atoms with van der Waals surface area (Å²) in [6.45, 7) is -0.912. The molecule has 0 aromatic heterocycles. The summed E-state index contributed by atoms with van der Waals surface area (Å²) < 4.78 is 22.0. The van der Waals surface area contributed by atoms with E-state index in [4.69, 9.17) is 18.9 Å². The first-order valence-electron chi connectivity index (χ1n) is 12.2. The lowest BCUT2D eigenvalue weighted by Crippen LogP contribution is -2.64. The highest BCUT2D eigenvalue weighted by molar-refractivity contribution is 4.94. The van der Waals surface area contributed by atoms with Crippen molar-refractivity contribution in [1.29, 1.82) is 0 Å². The second-order valence-electron chi connectivity index (χ2n) is 9.38. The van der Waals surface area contributed by atoms with Gasteiger partial charge in [-0.25, -0.2) is 0 Å². The van der Waals surface area contributed by atoms with Crippen LogP contribution in [0, 0.1) is 5.92 Å². The molecule has 11 nitrogen and oxygen atoms in total. The van der Waals surface area contributed by atoms with Crippen LogP contribution in [0.1, 0.15) is 44.9 Å². The standard InChI is InChI=1S/C23H40O11/c24-11-14-16(26)17(27)19(29)23(32-14)34-21-15(12-25)33-22(20(30)18(21)28)31-10-6-2-5-9-13-7-3-1-4-8-13/h1,3,13-30H,2,4-12H2/t13-,14-,15-,16-,17+,18-,19-,20-,21-,22-,23-/m1/s1. The van der Waals surface area contributed by atoms with Crippen LogP contribution in [-0.4, -0.2) is 117 Å². The van der Waals surface area contributed by atoms with Crippen LogP contribution in [0.3, 0.4) is 0 Å². The van der Waals surface area contributed by atoms with Crippen LogP contribution in [-0.2, 0) is 18.9 Å². The highest BCUT2D eigenvalue weighted by Crippen LogP contribution is 2.30. The molecule has 2 aliphatic heterocycles. The van der Waals surface area contributed by atoms with Gasteiger partial charge in [-0.3, -0.25) is 0 Å². The molecular formula is C23H40O11. The Morgan fingerprint density at radius 2 is 1.44 bits per heavy atom. The van der Waals surface area contributed by atoms with Gasteiger partial charge in [0.15, 0.2) is 12.6 Å². The molecule has 0 aromatic rings. The average Bonchev–Trinajstić information content (AvgIpc) is 2.85. The van der Waals surface area contributed by atoms with E-state index in [1.54, 1.807) is 0 Å². The summed E-state index contributed by atoms with van der Waals surface area (Å²) >= 11 is 0. The molecule has 11 atom stereocenters. The first kappa shape index (κ1) is 27.9. The molecule has 2 fully saturated rings. The minimum Gasteiger partial charge on any atom is -0.394 e. The van der Waals surface area contributed by atoms with Crippen LogP contribution in [0.2, 0.25) is 0 Å². The predicted octanol–water partition coefficient (Wildman–Crippen LogP) is -1.46. The van der Waals surface area contributed by atoms with Crippen molar-refractivity contribution >= 4 is 0 Å². The van der Waals surface area contributed by atoms with Gasteiger partial charge in [-0.2, -0.15) is 0 Å². The van der Waals surface area contributed by atoms with E-state index in [2.05, 4.69) is 12.2 Å². The highest BCUT2D eigenvalue weighted by atomic mass is 16.7. The molecule has 0 unspecified atom stereocenters. The van der Waals surface area contributed by atoms with Crippen LogP contribution >= 0.6 is 0 Å². The van der Waals surface area contributed by atoms with Gasteiger partial charge in [0.1, 0.15) is 48.8 Å². The zero-order valence-corrected chi connectivity index (χ0v) is 19.3. The molecule has 11 heteroatoms. The Labute approximate surface area is 199 Å². The summed E-state index contributed by atoms with van der Waals surface area (Å²) in [5, 5.41) is 70.1. The average molecular weight is 493 g/mol. The Kier molecular flexibility index (Phi) is 11.1. The van der Waals surface area contributed by atoms with E-state index in [0.29, 0.717) is 6.61 Å². The summed E-state index contributed by atoms with van der Waals surface area (Å²) in [5.41, 5.74) is 0. The van der Waals surface area contributed by atoms with Gasteiger partial charge in [0.2, 0.25) is 0 Å². The Bertz CT molecular complexity index is 616. The van der Waals surface area contributed by atoms with Gasteiger partial charge < -0.3 is 54.7 Å². The summed E-state index contributed by atoms with van der Waals surface area (Å²) in [7, 11) is 0. The van der Waals surface area contributed by atoms with E-state index in [-0.39, 0.29) is 0 Å². The van der Waals surface area contributed by atoms with Crippen molar-refractivity contribution < 1.29 is 54.7 Å². The van der Waals surface area contributed by atoms with Crippen molar-refractivity contribution in [2.24, 2.45) is 5.92 Å². The number of unbranched alkanes of at least 4 members (excludes halogenated alkanes) is 2. The highest BCUT2D eigenvalue weighted by Gasteiger charge is 2.50. The summed E-state index contributed by atoms with van der Waals surface area (Å²) in [6, 6.07) is 0. The number of aliphatic hydroxyl groups excluding tert-OH is 7. The van der Waals surface area contributed by atoms with E-state index >= 15 is 0 Å². The summed E-state index contributed by atoms with van der Waals surface area (Å²) in [6.07, 6.45) is -2.33. The molecule has 2 saturated heterocycles. The second kappa shape index (κ2) is 13.6. The van der Waals surface area contributed by atoms with Gasteiger partial charge in [-0.05, 0) is 31.6 Å². The summed E-state index contributed by atoms with van der Waals surface area (Å²) in [4.78, 5) is 0. The van der Waals surface area contributed by atoms with Crippen LogP contribution < -0.4 is 0 Å². The Hall–Kier alpha value is -0.700. The molecule has 0 amide bonds. The topological polar surface area (TPSA) is 179 Å². The first-order chi connectivity index (χ1) is 16.4. The molecule has 34 heavy (non-hydrogen) atoms. The fourth-order valence-electron chi connectivity index (χ4n) is 4.72. The fourth-order valence-corrected chi connectivity index (χ4v) is 4.72. The predicted molar refractivity (Wildman–Crippen MR) is 117 cm³/mol. The normalized spacial score (nSPS) is 43.2. The SMILES string of the molecule is OC[C@H]1O[C@H](O[C@H]2[C@H](O)[C@@H](O)[C@H](OCCCCC[C@@H]3CC=CCC3)O[C@@H]2CO)[C@H](O)[C@@H](O)[C@@H]1O. The number of hydrogen-bond acceptors (Lipinski definition) is 11. The van der Waals surface area contributed by atoms with Crippen molar-refractivity contribution in [1.82, 2.24) is 0 Å². The van der Waals surface area contributed by atoms with Crippen molar-refractivity contribution in [2.75, 3.05) is 19.8 Å². The molecule has 198 valence electrons. The molecule has 2 heterocycles. The molecule has 0 spiro atoms. The maximum Gasteiger partial charge on any atom is 0.187 e. The largest absolute Gasteiger partial charge is 0.394 e. The molecule has 0 radical (unpaired) electrons. The van der Waals surface area contributed by atoms with Crippen molar-refractivity contribution in [3.05, 3.63) is 12.2 Å². The van der Waals surface area contributed by atoms with Gasteiger partial charge in [-0.1, -0.05) is 31.4 Å². The van der Waals surface area contributed by atoms with Gasteiger partial charge >= 0.3 is 0 Å². The third-order valence-corrected chi connectivity index (χ3v) is 6.88. The van der Waals surface area contributed by atoms with Gasteiger partial charge in [-0.15, -0.1) is 0 Å². The Morgan fingerprint density at radius 1 is 0.735 bits per heavy atom. The number of ether oxygens (including phenoxy) is 4. The third-order valence-electron chi connectivity index (χ3n) is 6.88. The van der Waals surface area contributed by atoms with Gasteiger partial charge in [0, 0.05) is 6.61 Å². The number of rotatable bonds is 11. The smallest absolute Gasteiger partial charge is 0.187 e. The zero-order valence-electron chi connectivity index (χ0n) is 19.3. The van der Waals surface area contributed by atoms with E-state index < -0.39 is 74.6 Å². The molecule has 0 saturated carbocycles. The number of allylic oxidation sites excluding steroid dienone is 2. The van der Waals surface area contributed by atoms with Crippen molar-refractivity contribution in [3.63, 3.8) is 0 Å². The lowest BCUT2D eigenvalue weighted by atomic mass is 9.90. The van der Waals surface area contributed by atoms with Crippen LogP contribution in [0.4, 0.5) is 0 Å². The van der Waals surface area contributed by atoms with Gasteiger partial charge in [0.05, 0.1) is 13.2 Å². The monoisotopic (exact) mass is 492 g/mol. The first-order valence-corrected chi connectivity index (χ1v) is 12.2. The maximum atomic E-state index is 10.6. The summed E-state index contributed by atoms with van der Waals surface area (Å²) in [5.74, 6) is 0.746. The molecule has 0 bridgehead atoms. The van der Waals surface area contributed by atoms with E-state index in [1.165, 1.54) is 12.8 Å². The molecule has 7 N–H and O–H groups in total. The Balaban J connectivity index is 1.45. The lowest BCUT2D eigenvalue weighted by molar-refractivity contribution is -0.359. The molecule has 3 rings (SSSR count). The number of aliphatic hydroxyl groups is 7. The fraction of sp³-hybridized carbons (Fsp3) is 0.913. The van der Waals surface area contributed by atoms with Crippen LogP contribution in [0.15, 0.2) is 12.2 Å².